The number of aromatic nitrogens is 4. The Morgan fingerprint density at radius 2 is 1.09 bits per heavy atom. The first-order valence-corrected chi connectivity index (χ1v) is 42.2. The van der Waals surface area contributed by atoms with Crippen LogP contribution in [0.4, 0.5) is 51.2 Å². The van der Waals surface area contributed by atoms with Crippen LogP contribution >= 0.6 is 0 Å². The lowest BCUT2D eigenvalue weighted by atomic mass is 9.97. The molecule has 0 bridgehead atoms. The molecule has 23 heteroatoms. The van der Waals surface area contributed by atoms with Crippen LogP contribution in [0.5, 0.6) is 11.5 Å². The Bertz CT molecular complexity index is 6340. The van der Waals surface area contributed by atoms with Crippen molar-refractivity contribution in [3.8, 4) is 56.5 Å². The molecule has 0 fully saturated rings. The van der Waals surface area contributed by atoms with Crippen molar-refractivity contribution in [2.75, 3.05) is 47.9 Å². The molecule has 8 heterocycles. The lowest BCUT2D eigenvalue weighted by Crippen LogP contribution is -2.19. The summed E-state index contributed by atoms with van der Waals surface area (Å²) in [5, 5.41) is 33.7. The number of furan rings is 1. The summed E-state index contributed by atoms with van der Waals surface area (Å²) in [5.41, 5.74) is 22.0. The maximum absolute atomic E-state index is 13.0. The second-order valence-corrected chi connectivity index (χ2v) is 32.0. The number of Topliss-reactive ketones (excluding diaryl/α,β-unsaturated/α-hetero) is 2. The van der Waals surface area contributed by atoms with Crippen molar-refractivity contribution >= 4 is 115 Å². The van der Waals surface area contributed by atoms with Crippen LogP contribution in [-0.4, -0.2) is 90.7 Å². The van der Waals surface area contributed by atoms with E-state index in [0.717, 1.165) is 129 Å². The fraction of sp³-hybridized carbons (Fsp3) is 0.194. The van der Waals surface area contributed by atoms with E-state index in [9.17, 15) is 33.6 Å². The third-order valence-electron chi connectivity index (χ3n) is 21.7. The summed E-state index contributed by atoms with van der Waals surface area (Å²) < 4.78 is 22.0. The number of fused-ring (bicyclic) bond motifs is 6. The van der Waals surface area contributed by atoms with E-state index in [1.54, 1.807) is 24.7 Å². The van der Waals surface area contributed by atoms with E-state index < -0.39 is 0 Å². The quantitative estimate of drug-likeness (QED) is 0.0361. The number of ether oxygens (including phenoxy) is 2. The first-order chi connectivity index (χ1) is 61.1. The minimum atomic E-state index is -0.170. The van der Waals surface area contributed by atoms with E-state index in [-0.39, 0.29) is 77.8 Å². The number of hydrogen-bond acceptors (Lipinski definition) is 16. The molecule has 0 aliphatic carbocycles. The molecule has 14 aromatic rings. The number of benzene rings is 11. The Labute approximate surface area is 731 Å². The van der Waals surface area contributed by atoms with Crippen molar-refractivity contribution in [2.24, 2.45) is 0 Å². The van der Waals surface area contributed by atoms with Gasteiger partial charge in [-0.05, 0) is 154 Å². The molecular formula is C103H99N13O10. The Balaban J connectivity index is 0.000000122. The summed E-state index contributed by atoms with van der Waals surface area (Å²) in [4.78, 5) is 87.9. The van der Waals surface area contributed by atoms with E-state index in [1.165, 1.54) is 6.92 Å². The number of carbonyl (C=O) groups excluding carboxylic acids is 7. The molecular weight excluding hydrogens is 1580 g/mol. The number of para-hydroxylation sites is 8. The molecule has 9 N–H and O–H groups in total. The predicted octanol–water partition coefficient (Wildman–Crippen LogP) is 20.8. The first-order valence-electron chi connectivity index (χ1n) is 42.2. The van der Waals surface area contributed by atoms with Gasteiger partial charge in [-0.25, -0.2) is 9.67 Å². The largest absolute Gasteiger partial charge is 0.488 e. The normalized spacial score (nSPS) is 16.5. The number of amides is 5. The highest BCUT2D eigenvalue weighted by Gasteiger charge is 2.29. The maximum Gasteiger partial charge on any atom is 0.228 e. The van der Waals surface area contributed by atoms with Crippen LogP contribution in [0, 0.1) is 6.92 Å². The molecule has 5 aliphatic rings. The maximum atomic E-state index is 13.0. The zero-order valence-corrected chi connectivity index (χ0v) is 71.1. The SMILES string of the molecule is CC(=O)Nc1ccc(/C=C/c2cccc3c2N[C@H](C)CC(=O)N3)cc1.CC1CC(=O)Nc2cccc(C(=O)Cc3cccc(-n4ccnc4)c3)c2N1.C[C@@H]1CC(=O)Cc2cccc(-c3ccccc3OCc3ccccc3)c2N1.C[C@@H]1CC(=O)Nc2cccc(-c3cnn(-c4ccccc4)c3)c2O1.Cc1c(-c2cccc3c2N[C@H](C)CC(=O)N3)oc2ccccc12. The van der Waals surface area contributed by atoms with E-state index >= 15 is 0 Å². The lowest BCUT2D eigenvalue weighted by molar-refractivity contribution is -0.119. The van der Waals surface area contributed by atoms with Crippen LogP contribution in [0.15, 0.2) is 284 Å². The van der Waals surface area contributed by atoms with Crippen molar-refractivity contribution in [2.45, 2.75) is 130 Å². The molecule has 19 rings (SSSR count). The van der Waals surface area contributed by atoms with Crippen LogP contribution in [0.1, 0.15) is 117 Å². The average molecular weight is 1680 g/mol. The Hall–Kier alpha value is -15.4. The van der Waals surface area contributed by atoms with Gasteiger partial charge in [-0.15, -0.1) is 0 Å². The van der Waals surface area contributed by atoms with Gasteiger partial charge in [0.1, 0.15) is 35.6 Å². The van der Waals surface area contributed by atoms with Crippen LogP contribution in [0.2, 0.25) is 0 Å². The van der Waals surface area contributed by atoms with Crippen molar-refractivity contribution in [1.82, 2.24) is 19.3 Å². The number of carbonyl (C=O) groups is 7. The Morgan fingerprint density at radius 1 is 0.524 bits per heavy atom. The molecule has 5 atom stereocenters. The highest BCUT2D eigenvalue weighted by Crippen LogP contribution is 2.44. The van der Waals surface area contributed by atoms with Gasteiger partial charge in [0.2, 0.25) is 29.5 Å². The topological polar surface area (TPSA) is 295 Å². The average Bonchev–Trinajstić information content (AvgIpc) is 1.65. The molecule has 126 heavy (non-hydrogen) atoms. The van der Waals surface area contributed by atoms with Gasteiger partial charge in [0, 0.05) is 150 Å². The van der Waals surface area contributed by atoms with Crippen molar-refractivity contribution in [3.63, 3.8) is 0 Å². The number of nitrogens with zero attached hydrogens (tertiary/aromatic N) is 4. The molecule has 23 nitrogen and oxygen atoms in total. The van der Waals surface area contributed by atoms with Crippen LogP contribution in [0.25, 0.3) is 68.1 Å². The standard InChI is InChI=1S/C24H23NO2.C21H20N4O2.C20H21N3O2.C19H17N3O2.C19H18N2O2/c1-17-14-20(26)15-19-10-7-12-22(24(19)25-17)21-11-5-6-13-23(21)27-16-18-8-3-2-4-9-18;1-14-10-20(27)24-18-7-3-6-17(21(18)23-14)19(26)12-15-4-2-5-16(11-15)25-9-8-22-13-25;1-13-12-19(25)23-18-5-3-4-16(20(18)21-13)9-6-15-7-10-17(11-8-15)22-14(2)24;1-13-10-18(23)21-17-9-5-8-16(19(17)24-13)14-11-20-22(12-14)15-6-3-2-4-7-15;1-11-10-17(22)21-15-8-5-7-14(18(15)20-11)19-12(2)13-6-3-4-9-16(13)23-19/h2-13,17,25H,14-16H2,1H3;2-9,11,13-14,23H,10,12H2,1H3,(H,24,27);3-11,13,21H,12H2,1-2H3,(H,22,24)(H,23,25);2-9,11-13H,10H2,1H3,(H,21,23);3-9,11,20H,10H2,1-2H3,(H,21,22)/b;;9-6+;;/t17-;;2*13-;11-/m1.111/s1. The van der Waals surface area contributed by atoms with Gasteiger partial charge in [-0.3, -0.25) is 33.6 Å². The highest BCUT2D eigenvalue weighted by atomic mass is 16.5. The smallest absolute Gasteiger partial charge is 0.228 e. The summed E-state index contributed by atoms with van der Waals surface area (Å²) in [6, 6.07) is 81.0. The summed E-state index contributed by atoms with van der Waals surface area (Å²) in [7, 11) is 0. The van der Waals surface area contributed by atoms with Gasteiger partial charge in [0.05, 0.1) is 64.4 Å². The number of imidazole rings is 1. The van der Waals surface area contributed by atoms with Gasteiger partial charge in [0.25, 0.3) is 0 Å². The zero-order chi connectivity index (χ0) is 87.7. The third kappa shape index (κ3) is 21.4. The predicted molar refractivity (Wildman–Crippen MR) is 501 cm³/mol. The lowest BCUT2D eigenvalue weighted by Gasteiger charge is -2.19. The highest BCUT2D eigenvalue weighted by molar-refractivity contribution is 6.08. The summed E-state index contributed by atoms with van der Waals surface area (Å²) in [6.07, 6.45) is 15.9. The molecule has 0 spiro atoms. The van der Waals surface area contributed by atoms with E-state index in [2.05, 4.69) is 102 Å². The van der Waals surface area contributed by atoms with Crippen molar-refractivity contribution < 1.29 is 47.5 Å². The second kappa shape index (κ2) is 39.6. The molecule has 0 radical (unpaired) electrons. The number of ketones is 2. The molecule has 11 aromatic carbocycles. The van der Waals surface area contributed by atoms with Crippen LogP contribution in [0.3, 0.4) is 0 Å². The van der Waals surface area contributed by atoms with Crippen molar-refractivity contribution in [3.05, 3.63) is 319 Å². The number of hydrogen-bond donors (Lipinski definition) is 9. The van der Waals surface area contributed by atoms with E-state index in [0.29, 0.717) is 73.5 Å². The zero-order valence-electron chi connectivity index (χ0n) is 71.1. The number of anilines is 9. The molecule has 3 aromatic heterocycles. The molecule has 0 saturated heterocycles. The van der Waals surface area contributed by atoms with Gasteiger partial charge in [0.15, 0.2) is 11.5 Å². The number of nitrogens with one attached hydrogen (secondary N) is 9. The van der Waals surface area contributed by atoms with Crippen LogP contribution in [-0.2, 0) is 48.2 Å². The minimum Gasteiger partial charge on any atom is -0.488 e. The fourth-order valence-corrected chi connectivity index (χ4v) is 15.9. The van der Waals surface area contributed by atoms with Crippen LogP contribution < -0.4 is 57.3 Å². The second-order valence-electron chi connectivity index (χ2n) is 32.0. The molecule has 5 amide bonds. The Kier molecular flexibility index (Phi) is 26.9. The molecule has 5 aliphatic heterocycles. The number of aryl methyl sites for hydroxylation is 1. The van der Waals surface area contributed by atoms with Gasteiger partial charge in [-0.2, -0.15) is 5.10 Å². The summed E-state index contributed by atoms with van der Waals surface area (Å²) in [6.45, 7) is 14.0. The molecule has 0 saturated carbocycles. The van der Waals surface area contributed by atoms with Gasteiger partial charge >= 0.3 is 0 Å². The minimum absolute atomic E-state index is 0.00507. The van der Waals surface area contributed by atoms with Crippen molar-refractivity contribution in [1.29, 1.82) is 0 Å². The third-order valence-corrected chi connectivity index (χ3v) is 21.7. The van der Waals surface area contributed by atoms with Gasteiger partial charge in [-0.1, -0.05) is 176 Å². The monoisotopic (exact) mass is 1680 g/mol. The summed E-state index contributed by atoms with van der Waals surface area (Å²) >= 11 is 0. The van der Waals surface area contributed by atoms with Gasteiger partial charge < -0.3 is 66.3 Å². The Morgan fingerprint density at radius 3 is 1.80 bits per heavy atom. The molecule has 636 valence electrons. The first kappa shape index (κ1) is 85.6. The number of rotatable bonds is 14. The van der Waals surface area contributed by atoms with E-state index in [1.807, 2.05) is 274 Å². The fourth-order valence-electron chi connectivity index (χ4n) is 15.9. The van der Waals surface area contributed by atoms with E-state index in [4.69, 9.17) is 13.9 Å². The summed E-state index contributed by atoms with van der Waals surface area (Å²) in [5.74, 6) is 2.56. The molecule has 1 unspecified atom stereocenters.